The largest absolute Gasteiger partial charge is 0.379 e. The number of nitrogens with zero attached hydrogens (tertiary/aromatic N) is 3. The van der Waals surface area contributed by atoms with Crippen molar-refractivity contribution < 1.29 is 4.74 Å². The molecule has 0 radical (unpaired) electrons. The molecule has 2 heterocycles. The van der Waals surface area contributed by atoms with Crippen molar-refractivity contribution in [3.63, 3.8) is 0 Å². The molecule has 3 rings (SSSR count). The lowest BCUT2D eigenvalue weighted by molar-refractivity contribution is 0.0370. The first-order chi connectivity index (χ1) is 11.7. The normalized spacial score (nSPS) is 15.5. The monoisotopic (exact) mass is 347 g/mol. The third-order valence-corrected chi connectivity index (χ3v) is 4.48. The number of halogens is 1. The lowest BCUT2D eigenvalue weighted by Crippen LogP contribution is -2.37. The second-order valence-electron chi connectivity index (χ2n) is 5.94. The number of hydrogen-bond donors (Lipinski definition) is 0. The molecule has 0 spiro atoms. The van der Waals surface area contributed by atoms with Crippen molar-refractivity contribution in [3.05, 3.63) is 51.9 Å². The maximum Gasteiger partial charge on any atom is 0.274 e. The van der Waals surface area contributed by atoms with Gasteiger partial charge in [-0.1, -0.05) is 23.7 Å². The molecule has 5 nitrogen and oxygen atoms in total. The smallest absolute Gasteiger partial charge is 0.274 e. The summed E-state index contributed by atoms with van der Waals surface area (Å²) in [7, 11) is 0. The Morgan fingerprint density at radius 3 is 2.71 bits per heavy atom. The topological polar surface area (TPSA) is 47.4 Å². The van der Waals surface area contributed by atoms with E-state index in [9.17, 15) is 4.79 Å². The Kier molecular flexibility index (Phi) is 6.01. The van der Waals surface area contributed by atoms with Crippen molar-refractivity contribution in [3.8, 4) is 11.1 Å². The zero-order valence-corrected chi connectivity index (χ0v) is 14.4. The molecule has 1 aliphatic heterocycles. The highest BCUT2D eigenvalue weighted by molar-refractivity contribution is 6.30. The van der Waals surface area contributed by atoms with Gasteiger partial charge in [0.1, 0.15) is 0 Å². The quantitative estimate of drug-likeness (QED) is 0.754. The fraction of sp³-hybridized carbons (Fsp3) is 0.444. The molecule has 0 aliphatic carbocycles. The SMILES string of the molecule is O=c1c(-c2cccc(Cl)c2)ccnn1CCCCN1CCOCC1. The van der Waals surface area contributed by atoms with Gasteiger partial charge in [0.05, 0.1) is 18.8 Å². The van der Waals surface area contributed by atoms with E-state index in [-0.39, 0.29) is 5.56 Å². The fourth-order valence-corrected chi connectivity index (χ4v) is 3.10. The predicted octanol–water partition coefficient (Wildman–Crippen LogP) is 2.68. The van der Waals surface area contributed by atoms with E-state index in [1.54, 1.807) is 29.1 Å². The van der Waals surface area contributed by atoms with Gasteiger partial charge in [-0.2, -0.15) is 5.10 Å². The first-order valence-electron chi connectivity index (χ1n) is 8.36. The summed E-state index contributed by atoms with van der Waals surface area (Å²) in [6, 6.07) is 9.10. The van der Waals surface area contributed by atoms with Gasteiger partial charge >= 0.3 is 0 Å². The molecule has 0 saturated carbocycles. The third kappa shape index (κ3) is 4.44. The van der Waals surface area contributed by atoms with Crippen LogP contribution in [0.5, 0.6) is 0 Å². The Morgan fingerprint density at radius 1 is 1.12 bits per heavy atom. The maximum atomic E-state index is 12.6. The zero-order chi connectivity index (χ0) is 16.8. The fourth-order valence-electron chi connectivity index (χ4n) is 2.91. The molecule has 2 aromatic rings. The average Bonchev–Trinajstić information content (AvgIpc) is 2.61. The number of benzene rings is 1. The van der Waals surface area contributed by atoms with Gasteiger partial charge in [0, 0.05) is 30.9 Å². The molecule has 24 heavy (non-hydrogen) atoms. The second kappa shape index (κ2) is 8.42. The second-order valence-corrected chi connectivity index (χ2v) is 6.38. The molecule has 6 heteroatoms. The van der Waals surface area contributed by atoms with Crippen LogP contribution in [0.4, 0.5) is 0 Å². The Morgan fingerprint density at radius 2 is 1.92 bits per heavy atom. The zero-order valence-electron chi connectivity index (χ0n) is 13.7. The highest BCUT2D eigenvalue weighted by Gasteiger charge is 2.10. The Hall–Kier alpha value is -1.69. The third-order valence-electron chi connectivity index (χ3n) is 4.25. The number of hydrogen-bond acceptors (Lipinski definition) is 4. The van der Waals surface area contributed by atoms with E-state index < -0.39 is 0 Å². The van der Waals surface area contributed by atoms with Gasteiger partial charge < -0.3 is 4.74 Å². The molecule has 1 fully saturated rings. The van der Waals surface area contributed by atoms with Gasteiger partial charge in [-0.05, 0) is 43.1 Å². The number of unbranched alkanes of at least 4 members (excludes halogenated alkanes) is 1. The Bertz CT molecular complexity index is 726. The first kappa shape index (κ1) is 17.1. The summed E-state index contributed by atoms with van der Waals surface area (Å²) < 4.78 is 6.90. The van der Waals surface area contributed by atoms with Gasteiger partial charge in [-0.15, -0.1) is 0 Å². The lowest BCUT2D eigenvalue weighted by Gasteiger charge is -2.26. The predicted molar refractivity (Wildman–Crippen MR) is 95.4 cm³/mol. The molecular formula is C18H22ClN3O2. The molecule has 1 aromatic heterocycles. The number of ether oxygens (including phenoxy) is 1. The van der Waals surface area contributed by atoms with Crippen molar-refractivity contribution >= 4 is 11.6 Å². The van der Waals surface area contributed by atoms with Crippen molar-refractivity contribution in [2.24, 2.45) is 0 Å². The van der Waals surface area contributed by atoms with Gasteiger partial charge in [0.2, 0.25) is 0 Å². The van der Waals surface area contributed by atoms with E-state index in [0.29, 0.717) is 17.1 Å². The summed E-state index contributed by atoms with van der Waals surface area (Å²) in [4.78, 5) is 15.0. The molecule has 1 aromatic carbocycles. The number of rotatable bonds is 6. The van der Waals surface area contributed by atoms with Gasteiger partial charge in [-0.25, -0.2) is 4.68 Å². The minimum atomic E-state index is -0.0638. The van der Waals surface area contributed by atoms with Crippen molar-refractivity contribution in [1.29, 1.82) is 0 Å². The molecule has 1 aliphatic rings. The highest BCUT2D eigenvalue weighted by Crippen LogP contribution is 2.19. The van der Waals surface area contributed by atoms with Crippen LogP contribution in [-0.2, 0) is 11.3 Å². The van der Waals surface area contributed by atoms with Gasteiger partial charge in [-0.3, -0.25) is 9.69 Å². The highest BCUT2D eigenvalue weighted by atomic mass is 35.5. The van der Waals surface area contributed by atoms with Crippen molar-refractivity contribution in [2.75, 3.05) is 32.8 Å². The number of aromatic nitrogens is 2. The van der Waals surface area contributed by atoms with Crippen molar-refractivity contribution in [2.45, 2.75) is 19.4 Å². The first-order valence-corrected chi connectivity index (χ1v) is 8.74. The Labute approximate surface area is 146 Å². The summed E-state index contributed by atoms with van der Waals surface area (Å²) in [5.41, 5.74) is 1.41. The van der Waals surface area contributed by atoms with Crippen LogP contribution in [0.2, 0.25) is 5.02 Å². The van der Waals surface area contributed by atoms with Crippen LogP contribution in [0.3, 0.4) is 0 Å². The van der Waals surface area contributed by atoms with Crippen LogP contribution >= 0.6 is 11.6 Å². The van der Waals surface area contributed by atoms with E-state index in [2.05, 4.69) is 10.00 Å². The summed E-state index contributed by atoms with van der Waals surface area (Å²) in [5.74, 6) is 0. The van der Waals surface area contributed by atoms with Gasteiger partial charge in [0.25, 0.3) is 5.56 Å². The summed E-state index contributed by atoms with van der Waals surface area (Å²) >= 11 is 6.03. The Balaban J connectivity index is 1.60. The minimum Gasteiger partial charge on any atom is -0.379 e. The number of morpholine rings is 1. The van der Waals surface area contributed by atoms with Crippen LogP contribution in [-0.4, -0.2) is 47.5 Å². The summed E-state index contributed by atoms with van der Waals surface area (Å²) in [6.45, 7) is 5.33. The van der Waals surface area contributed by atoms with E-state index in [4.69, 9.17) is 16.3 Å². The van der Waals surface area contributed by atoms with Crippen LogP contribution < -0.4 is 5.56 Å². The minimum absolute atomic E-state index is 0.0638. The molecule has 0 bridgehead atoms. The standard InChI is InChI=1S/C18H22ClN3O2/c19-16-5-3-4-15(14-16)17-6-7-20-22(18(17)23)9-2-1-8-21-10-12-24-13-11-21/h3-7,14H,1-2,8-13H2. The molecule has 1 saturated heterocycles. The van der Waals surface area contributed by atoms with Crippen LogP contribution in [0.1, 0.15) is 12.8 Å². The summed E-state index contributed by atoms with van der Waals surface area (Å²) in [6.07, 6.45) is 3.67. The van der Waals surface area contributed by atoms with E-state index in [1.165, 1.54) is 0 Å². The molecule has 0 unspecified atom stereocenters. The molecule has 0 amide bonds. The molecule has 128 valence electrons. The molecule has 0 atom stereocenters. The summed E-state index contributed by atoms with van der Waals surface area (Å²) in [5, 5.41) is 4.83. The number of aryl methyl sites for hydroxylation is 1. The van der Waals surface area contributed by atoms with E-state index in [1.807, 2.05) is 12.1 Å². The average molecular weight is 348 g/mol. The van der Waals surface area contributed by atoms with E-state index >= 15 is 0 Å². The van der Waals surface area contributed by atoms with E-state index in [0.717, 1.165) is 51.3 Å². The van der Waals surface area contributed by atoms with Crippen LogP contribution in [0.15, 0.2) is 41.3 Å². The van der Waals surface area contributed by atoms with Gasteiger partial charge in [0.15, 0.2) is 0 Å². The van der Waals surface area contributed by atoms with Crippen molar-refractivity contribution in [1.82, 2.24) is 14.7 Å². The lowest BCUT2D eigenvalue weighted by atomic mass is 10.1. The van der Waals surface area contributed by atoms with Crippen LogP contribution in [0, 0.1) is 0 Å². The molecular weight excluding hydrogens is 326 g/mol. The van der Waals surface area contributed by atoms with Crippen LogP contribution in [0.25, 0.3) is 11.1 Å². The molecule has 0 N–H and O–H groups in total. The maximum absolute atomic E-state index is 12.6.